The van der Waals surface area contributed by atoms with Gasteiger partial charge in [-0.3, -0.25) is 4.90 Å². The van der Waals surface area contributed by atoms with Crippen LogP contribution in [0.2, 0.25) is 5.02 Å². The molecule has 0 aliphatic carbocycles. The molecule has 0 atom stereocenters. The zero-order chi connectivity index (χ0) is 13.9. The first kappa shape index (κ1) is 14.8. The Morgan fingerprint density at radius 2 is 2.11 bits per heavy atom. The van der Waals surface area contributed by atoms with Crippen molar-refractivity contribution < 1.29 is 4.39 Å². The predicted octanol–water partition coefficient (Wildman–Crippen LogP) is 3.44. The molecule has 0 radical (unpaired) electrons. The van der Waals surface area contributed by atoms with E-state index in [1.54, 1.807) is 12.1 Å². The Morgan fingerprint density at radius 1 is 1.37 bits per heavy atom. The third-order valence-electron chi connectivity index (χ3n) is 4.20. The fourth-order valence-electron chi connectivity index (χ4n) is 2.80. The smallest absolute Gasteiger partial charge is 0.142 e. The number of hydrogen-bond donors (Lipinski definition) is 1. The van der Waals surface area contributed by atoms with Gasteiger partial charge in [-0.05, 0) is 30.5 Å². The van der Waals surface area contributed by atoms with Crippen LogP contribution in [0.3, 0.4) is 0 Å². The number of piperazine rings is 1. The topological polar surface area (TPSA) is 15.3 Å². The van der Waals surface area contributed by atoms with Crippen LogP contribution in [0.1, 0.15) is 32.3 Å². The van der Waals surface area contributed by atoms with Crippen molar-refractivity contribution >= 4 is 11.6 Å². The molecule has 106 valence electrons. The molecular formula is C15H22ClFN2. The van der Waals surface area contributed by atoms with Crippen LogP contribution in [0.15, 0.2) is 18.2 Å². The van der Waals surface area contributed by atoms with Gasteiger partial charge < -0.3 is 5.32 Å². The third-order valence-corrected chi connectivity index (χ3v) is 4.50. The molecule has 1 aromatic rings. The molecule has 0 amide bonds. The summed E-state index contributed by atoms with van der Waals surface area (Å²) in [5.74, 6) is -0.327. The van der Waals surface area contributed by atoms with Crippen LogP contribution < -0.4 is 5.32 Å². The van der Waals surface area contributed by atoms with Crippen molar-refractivity contribution in [2.24, 2.45) is 0 Å². The first-order valence-corrected chi connectivity index (χ1v) is 7.37. The van der Waals surface area contributed by atoms with Gasteiger partial charge in [0.15, 0.2) is 0 Å². The Hall–Kier alpha value is -0.640. The monoisotopic (exact) mass is 284 g/mol. The van der Waals surface area contributed by atoms with Gasteiger partial charge in [0.2, 0.25) is 0 Å². The summed E-state index contributed by atoms with van der Waals surface area (Å²) < 4.78 is 13.5. The van der Waals surface area contributed by atoms with Gasteiger partial charge in [0, 0.05) is 31.7 Å². The molecule has 1 N–H and O–H groups in total. The zero-order valence-corrected chi connectivity index (χ0v) is 12.4. The van der Waals surface area contributed by atoms with E-state index >= 15 is 0 Å². The molecule has 19 heavy (non-hydrogen) atoms. The van der Waals surface area contributed by atoms with E-state index in [1.165, 1.54) is 0 Å². The Bertz CT molecular complexity index is 432. The maximum atomic E-state index is 13.5. The SMILES string of the molecule is CCC1(CC)CN(Cc2ccc(Cl)c(F)c2)CCN1. The summed E-state index contributed by atoms with van der Waals surface area (Å²) in [5.41, 5.74) is 1.20. The van der Waals surface area contributed by atoms with Crippen LogP contribution in [0.5, 0.6) is 0 Å². The van der Waals surface area contributed by atoms with Gasteiger partial charge in [-0.15, -0.1) is 0 Å². The van der Waals surface area contributed by atoms with Crippen molar-refractivity contribution in [2.75, 3.05) is 19.6 Å². The van der Waals surface area contributed by atoms with E-state index in [1.807, 2.05) is 6.07 Å². The lowest BCUT2D eigenvalue weighted by atomic mass is 9.90. The first-order chi connectivity index (χ1) is 9.08. The summed E-state index contributed by atoms with van der Waals surface area (Å²) in [6.45, 7) is 8.26. The molecule has 1 aliphatic heterocycles. The van der Waals surface area contributed by atoms with Gasteiger partial charge in [-0.1, -0.05) is 31.5 Å². The molecule has 4 heteroatoms. The molecule has 1 aromatic carbocycles. The maximum Gasteiger partial charge on any atom is 0.142 e. The van der Waals surface area contributed by atoms with Gasteiger partial charge >= 0.3 is 0 Å². The largest absolute Gasteiger partial charge is 0.309 e. The van der Waals surface area contributed by atoms with E-state index in [-0.39, 0.29) is 16.4 Å². The van der Waals surface area contributed by atoms with E-state index < -0.39 is 0 Å². The van der Waals surface area contributed by atoms with Crippen molar-refractivity contribution in [3.8, 4) is 0 Å². The Kier molecular flexibility index (Phi) is 4.82. The van der Waals surface area contributed by atoms with Gasteiger partial charge in [-0.2, -0.15) is 0 Å². The molecule has 2 nitrogen and oxygen atoms in total. The van der Waals surface area contributed by atoms with Crippen LogP contribution in [-0.2, 0) is 6.54 Å². The lowest BCUT2D eigenvalue weighted by molar-refractivity contribution is 0.118. The van der Waals surface area contributed by atoms with Crippen LogP contribution in [0.25, 0.3) is 0 Å². The second-order valence-electron chi connectivity index (χ2n) is 5.37. The van der Waals surface area contributed by atoms with Crippen LogP contribution in [-0.4, -0.2) is 30.1 Å². The average molecular weight is 285 g/mol. The fourth-order valence-corrected chi connectivity index (χ4v) is 2.91. The lowest BCUT2D eigenvalue weighted by Crippen LogP contribution is -2.59. The second kappa shape index (κ2) is 6.21. The average Bonchev–Trinajstić information content (AvgIpc) is 2.43. The van der Waals surface area contributed by atoms with Crippen LogP contribution in [0.4, 0.5) is 4.39 Å². The van der Waals surface area contributed by atoms with Gasteiger partial charge in [0.05, 0.1) is 5.02 Å². The van der Waals surface area contributed by atoms with Gasteiger partial charge in [-0.25, -0.2) is 4.39 Å². The minimum Gasteiger partial charge on any atom is -0.309 e. The van der Waals surface area contributed by atoms with Crippen LogP contribution >= 0.6 is 11.6 Å². The molecule has 0 spiro atoms. The third kappa shape index (κ3) is 3.47. The highest BCUT2D eigenvalue weighted by Crippen LogP contribution is 2.22. The number of nitrogens with one attached hydrogen (secondary N) is 1. The van der Waals surface area contributed by atoms with Crippen LogP contribution in [0, 0.1) is 5.82 Å². The molecule has 1 saturated heterocycles. The maximum absolute atomic E-state index is 13.5. The van der Waals surface area contributed by atoms with E-state index in [4.69, 9.17) is 11.6 Å². The summed E-state index contributed by atoms with van der Waals surface area (Å²) >= 11 is 5.72. The van der Waals surface area contributed by atoms with Gasteiger partial charge in [0.1, 0.15) is 5.82 Å². The normalized spacial score (nSPS) is 19.6. The molecule has 0 aromatic heterocycles. The molecule has 1 heterocycles. The summed E-state index contributed by atoms with van der Waals surface area (Å²) in [5, 5.41) is 3.83. The fraction of sp³-hybridized carbons (Fsp3) is 0.600. The second-order valence-corrected chi connectivity index (χ2v) is 5.78. The number of hydrogen-bond acceptors (Lipinski definition) is 2. The molecule has 1 fully saturated rings. The van der Waals surface area contributed by atoms with E-state index in [2.05, 4.69) is 24.1 Å². The highest BCUT2D eigenvalue weighted by molar-refractivity contribution is 6.30. The van der Waals surface area contributed by atoms with E-state index in [9.17, 15) is 4.39 Å². The predicted molar refractivity (Wildman–Crippen MR) is 78.0 cm³/mol. The number of halogens is 2. The quantitative estimate of drug-likeness (QED) is 0.911. The minimum absolute atomic E-state index is 0.195. The molecule has 2 rings (SSSR count). The summed E-state index contributed by atoms with van der Waals surface area (Å²) in [7, 11) is 0. The van der Waals surface area contributed by atoms with Crippen molar-refractivity contribution in [3.05, 3.63) is 34.6 Å². The molecular weight excluding hydrogens is 263 g/mol. The van der Waals surface area contributed by atoms with Crippen molar-refractivity contribution in [3.63, 3.8) is 0 Å². The highest BCUT2D eigenvalue weighted by Gasteiger charge is 2.31. The van der Waals surface area contributed by atoms with Crippen molar-refractivity contribution in [1.82, 2.24) is 10.2 Å². The van der Waals surface area contributed by atoms with E-state index in [0.717, 1.165) is 44.6 Å². The molecule has 1 aliphatic rings. The molecule has 0 saturated carbocycles. The number of rotatable bonds is 4. The number of benzene rings is 1. The van der Waals surface area contributed by atoms with Gasteiger partial charge in [0.25, 0.3) is 0 Å². The molecule has 0 bridgehead atoms. The Balaban J connectivity index is 2.04. The van der Waals surface area contributed by atoms with E-state index in [0.29, 0.717) is 0 Å². The Morgan fingerprint density at radius 3 is 2.74 bits per heavy atom. The van der Waals surface area contributed by atoms with Crippen molar-refractivity contribution in [2.45, 2.75) is 38.8 Å². The minimum atomic E-state index is -0.327. The van der Waals surface area contributed by atoms with Crippen molar-refractivity contribution in [1.29, 1.82) is 0 Å². The summed E-state index contributed by atoms with van der Waals surface area (Å²) in [6.07, 6.45) is 2.24. The molecule has 0 unspecified atom stereocenters. The zero-order valence-electron chi connectivity index (χ0n) is 11.7. The number of nitrogens with zero attached hydrogens (tertiary/aromatic N) is 1. The highest BCUT2D eigenvalue weighted by atomic mass is 35.5. The summed E-state index contributed by atoms with van der Waals surface area (Å²) in [6, 6.07) is 5.10. The Labute approximate surface area is 119 Å². The lowest BCUT2D eigenvalue weighted by Gasteiger charge is -2.43. The first-order valence-electron chi connectivity index (χ1n) is 7.00. The summed E-state index contributed by atoms with van der Waals surface area (Å²) in [4.78, 5) is 2.40. The standard InChI is InChI=1S/C15H22ClFN2/c1-3-15(4-2)11-19(8-7-18-15)10-12-5-6-13(16)14(17)9-12/h5-6,9,18H,3-4,7-8,10-11H2,1-2H3.